The standard InChI is InChI=1S/C12H12F3N3/c1-18-11(16)6-10(17-18)9-5-3-2-4-8(9)7-12(13,14)15/h2-6H,7,16H2,1H3. The zero-order valence-electron chi connectivity index (χ0n) is 9.70. The van der Waals surface area contributed by atoms with Gasteiger partial charge in [-0.3, -0.25) is 4.68 Å². The van der Waals surface area contributed by atoms with Crippen LogP contribution in [0, 0.1) is 0 Å². The van der Waals surface area contributed by atoms with Crippen LogP contribution in [0.2, 0.25) is 0 Å². The molecule has 0 saturated heterocycles. The van der Waals surface area contributed by atoms with E-state index in [1.807, 2.05) is 0 Å². The van der Waals surface area contributed by atoms with E-state index < -0.39 is 12.6 Å². The molecule has 0 radical (unpaired) electrons. The lowest BCUT2D eigenvalue weighted by atomic mass is 10.0. The van der Waals surface area contributed by atoms with Gasteiger partial charge in [0.1, 0.15) is 5.82 Å². The van der Waals surface area contributed by atoms with Crippen LogP contribution in [0.4, 0.5) is 19.0 Å². The molecule has 1 heterocycles. The molecular formula is C12H12F3N3. The zero-order chi connectivity index (χ0) is 13.3. The number of benzene rings is 1. The molecule has 2 rings (SSSR count). The fourth-order valence-electron chi connectivity index (χ4n) is 1.75. The first-order chi connectivity index (χ1) is 8.37. The number of alkyl halides is 3. The molecule has 0 saturated carbocycles. The SMILES string of the molecule is Cn1nc(-c2ccccc2CC(F)(F)F)cc1N. The van der Waals surface area contributed by atoms with Crippen LogP contribution in [0.15, 0.2) is 30.3 Å². The summed E-state index contributed by atoms with van der Waals surface area (Å²) >= 11 is 0. The highest BCUT2D eigenvalue weighted by molar-refractivity contribution is 5.66. The highest BCUT2D eigenvalue weighted by atomic mass is 19.4. The van der Waals surface area contributed by atoms with Gasteiger partial charge in [-0.15, -0.1) is 0 Å². The van der Waals surface area contributed by atoms with Gasteiger partial charge in [0.25, 0.3) is 0 Å². The van der Waals surface area contributed by atoms with Crippen molar-refractivity contribution < 1.29 is 13.2 Å². The minimum atomic E-state index is -4.24. The van der Waals surface area contributed by atoms with Crippen molar-refractivity contribution in [3.05, 3.63) is 35.9 Å². The highest BCUT2D eigenvalue weighted by Gasteiger charge is 2.29. The van der Waals surface area contributed by atoms with Gasteiger partial charge in [-0.2, -0.15) is 18.3 Å². The van der Waals surface area contributed by atoms with Crippen molar-refractivity contribution in [3.8, 4) is 11.3 Å². The topological polar surface area (TPSA) is 43.8 Å². The largest absolute Gasteiger partial charge is 0.393 e. The third-order valence-corrected chi connectivity index (χ3v) is 2.60. The second-order valence-electron chi connectivity index (χ2n) is 4.03. The van der Waals surface area contributed by atoms with Crippen LogP contribution in [-0.2, 0) is 13.5 Å². The Bertz CT molecular complexity index is 538. The van der Waals surface area contributed by atoms with Crippen LogP contribution in [-0.4, -0.2) is 16.0 Å². The molecule has 18 heavy (non-hydrogen) atoms. The molecular weight excluding hydrogens is 243 g/mol. The van der Waals surface area contributed by atoms with Crippen molar-refractivity contribution in [1.29, 1.82) is 0 Å². The molecule has 6 heteroatoms. The lowest BCUT2D eigenvalue weighted by molar-refractivity contribution is -0.127. The number of halogens is 3. The summed E-state index contributed by atoms with van der Waals surface area (Å²) in [6.45, 7) is 0. The van der Waals surface area contributed by atoms with Gasteiger partial charge in [-0.25, -0.2) is 0 Å². The Kier molecular flexibility index (Phi) is 3.02. The molecule has 1 aromatic heterocycles. The molecule has 0 aliphatic heterocycles. The van der Waals surface area contributed by atoms with E-state index in [9.17, 15) is 13.2 Å². The molecule has 96 valence electrons. The quantitative estimate of drug-likeness (QED) is 0.896. The molecule has 0 aliphatic carbocycles. The smallest absolute Gasteiger partial charge is 0.384 e. The Hall–Kier alpha value is -1.98. The summed E-state index contributed by atoms with van der Waals surface area (Å²) < 4.78 is 38.8. The molecule has 0 amide bonds. The molecule has 0 fully saturated rings. The lowest BCUT2D eigenvalue weighted by Gasteiger charge is -2.09. The van der Waals surface area contributed by atoms with Gasteiger partial charge in [-0.1, -0.05) is 24.3 Å². The number of nitrogen functional groups attached to an aromatic ring is 1. The molecule has 3 nitrogen and oxygen atoms in total. The Balaban J connectivity index is 2.44. The number of aryl methyl sites for hydroxylation is 1. The van der Waals surface area contributed by atoms with Crippen molar-refractivity contribution in [2.45, 2.75) is 12.6 Å². The number of aromatic nitrogens is 2. The Labute approximate surface area is 102 Å². The van der Waals surface area contributed by atoms with E-state index in [1.54, 1.807) is 31.3 Å². The first-order valence-electron chi connectivity index (χ1n) is 5.31. The minimum absolute atomic E-state index is 0.197. The molecule has 0 atom stereocenters. The van der Waals surface area contributed by atoms with Crippen molar-refractivity contribution in [3.63, 3.8) is 0 Å². The summed E-state index contributed by atoms with van der Waals surface area (Å²) in [7, 11) is 1.64. The Morgan fingerprint density at radius 1 is 1.28 bits per heavy atom. The Morgan fingerprint density at radius 3 is 2.50 bits per heavy atom. The van der Waals surface area contributed by atoms with Crippen molar-refractivity contribution in [2.75, 3.05) is 5.73 Å². The van der Waals surface area contributed by atoms with E-state index in [4.69, 9.17) is 5.73 Å². The average molecular weight is 255 g/mol. The minimum Gasteiger partial charge on any atom is -0.384 e. The molecule has 1 aromatic carbocycles. The number of nitrogens with zero attached hydrogens (tertiary/aromatic N) is 2. The monoisotopic (exact) mass is 255 g/mol. The maximum atomic E-state index is 12.5. The second kappa shape index (κ2) is 4.36. The van der Waals surface area contributed by atoms with Crippen molar-refractivity contribution >= 4 is 5.82 Å². The van der Waals surface area contributed by atoms with Gasteiger partial charge < -0.3 is 5.73 Å². The molecule has 0 unspecified atom stereocenters. The van der Waals surface area contributed by atoms with Crippen LogP contribution < -0.4 is 5.73 Å². The second-order valence-corrected chi connectivity index (χ2v) is 4.03. The number of hydrogen-bond donors (Lipinski definition) is 1. The number of rotatable bonds is 2. The Morgan fingerprint density at radius 2 is 1.94 bits per heavy atom. The predicted octanol–water partition coefficient (Wildman–Crippen LogP) is 2.77. The van der Waals surface area contributed by atoms with Crippen LogP contribution in [0.5, 0.6) is 0 Å². The predicted molar refractivity (Wildman–Crippen MR) is 62.8 cm³/mol. The maximum absolute atomic E-state index is 12.5. The highest BCUT2D eigenvalue weighted by Crippen LogP contribution is 2.29. The average Bonchev–Trinajstić information content (AvgIpc) is 2.57. The molecule has 2 aromatic rings. The molecule has 2 N–H and O–H groups in total. The molecule has 0 spiro atoms. The maximum Gasteiger partial charge on any atom is 0.393 e. The third kappa shape index (κ3) is 2.64. The van der Waals surface area contributed by atoms with Crippen molar-refractivity contribution in [1.82, 2.24) is 9.78 Å². The van der Waals surface area contributed by atoms with Gasteiger partial charge in [0, 0.05) is 18.7 Å². The summed E-state index contributed by atoms with van der Waals surface area (Å²) in [5.41, 5.74) is 6.74. The fraction of sp³-hybridized carbons (Fsp3) is 0.250. The van der Waals surface area contributed by atoms with Gasteiger partial charge in [0.05, 0.1) is 12.1 Å². The van der Waals surface area contributed by atoms with E-state index in [1.165, 1.54) is 10.7 Å². The normalized spacial score (nSPS) is 11.8. The van der Waals surface area contributed by atoms with Gasteiger partial charge in [0.2, 0.25) is 0 Å². The van der Waals surface area contributed by atoms with Crippen LogP contribution in [0.1, 0.15) is 5.56 Å². The van der Waals surface area contributed by atoms with Crippen LogP contribution >= 0.6 is 0 Å². The number of hydrogen-bond acceptors (Lipinski definition) is 2. The van der Waals surface area contributed by atoms with E-state index in [-0.39, 0.29) is 5.56 Å². The van der Waals surface area contributed by atoms with Gasteiger partial charge >= 0.3 is 6.18 Å². The van der Waals surface area contributed by atoms with Gasteiger partial charge in [-0.05, 0) is 5.56 Å². The first kappa shape index (κ1) is 12.5. The van der Waals surface area contributed by atoms with Crippen molar-refractivity contribution in [2.24, 2.45) is 7.05 Å². The lowest BCUT2D eigenvalue weighted by Crippen LogP contribution is -2.12. The summed E-state index contributed by atoms with van der Waals surface area (Å²) in [5, 5.41) is 4.10. The van der Waals surface area contributed by atoms with E-state index in [2.05, 4.69) is 5.10 Å². The van der Waals surface area contributed by atoms with E-state index in [0.717, 1.165) is 0 Å². The van der Waals surface area contributed by atoms with Crippen LogP contribution in [0.25, 0.3) is 11.3 Å². The van der Waals surface area contributed by atoms with Crippen LogP contribution in [0.3, 0.4) is 0 Å². The molecule has 0 aliphatic rings. The first-order valence-corrected chi connectivity index (χ1v) is 5.31. The third-order valence-electron chi connectivity index (χ3n) is 2.60. The number of anilines is 1. The summed E-state index contributed by atoms with van der Waals surface area (Å²) in [6.07, 6.45) is -5.21. The number of nitrogens with two attached hydrogens (primary N) is 1. The van der Waals surface area contributed by atoms with E-state index >= 15 is 0 Å². The summed E-state index contributed by atoms with van der Waals surface area (Å²) in [4.78, 5) is 0. The zero-order valence-corrected chi connectivity index (χ0v) is 9.70. The van der Waals surface area contributed by atoms with Gasteiger partial charge in [0.15, 0.2) is 0 Å². The summed E-state index contributed by atoms with van der Waals surface area (Å²) in [5.74, 6) is 0.409. The summed E-state index contributed by atoms with van der Waals surface area (Å²) in [6, 6.07) is 7.89. The molecule has 0 bridgehead atoms. The fourth-order valence-corrected chi connectivity index (χ4v) is 1.75. The van der Waals surface area contributed by atoms with E-state index in [0.29, 0.717) is 17.1 Å².